The summed E-state index contributed by atoms with van der Waals surface area (Å²) >= 11 is 0. The Labute approximate surface area is 227 Å². The van der Waals surface area contributed by atoms with Gasteiger partial charge in [-0.1, -0.05) is 103 Å². The van der Waals surface area contributed by atoms with Gasteiger partial charge >= 0.3 is 0 Å². The van der Waals surface area contributed by atoms with E-state index in [0.29, 0.717) is 0 Å². The molecule has 7 aromatic rings. The second kappa shape index (κ2) is 7.75. The molecule has 0 saturated carbocycles. The van der Waals surface area contributed by atoms with Crippen LogP contribution >= 0.6 is 0 Å². The topological polar surface area (TPSA) is 8.17 Å². The van der Waals surface area contributed by atoms with E-state index in [1.807, 2.05) is 0 Å². The highest BCUT2D eigenvalue weighted by atomic mass is 15.1. The first-order valence-corrected chi connectivity index (χ1v) is 13.6. The number of fused-ring (bicyclic) bond motifs is 8. The third kappa shape index (κ3) is 2.77. The molecule has 0 fully saturated rings. The highest BCUT2D eigenvalue weighted by molar-refractivity contribution is 7.01. The van der Waals surface area contributed by atoms with E-state index >= 15 is 0 Å². The number of nitrogens with zero attached hydrogens (tertiary/aromatic N) is 2. The highest BCUT2D eigenvalue weighted by Crippen LogP contribution is 2.41. The fourth-order valence-corrected chi connectivity index (χ4v) is 7.06. The molecule has 0 N–H and O–H groups in total. The van der Waals surface area contributed by atoms with E-state index in [-0.39, 0.29) is 6.71 Å². The number of anilines is 3. The van der Waals surface area contributed by atoms with Crippen molar-refractivity contribution in [2.24, 2.45) is 0 Å². The summed E-state index contributed by atoms with van der Waals surface area (Å²) in [5.41, 5.74) is 14.3. The molecule has 0 atom stereocenters. The van der Waals surface area contributed by atoms with Crippen molar-refractivity contribution in [3.63, 3.8) is 0 Å². The molecule has 0 amide bonds. The number of hydrogen-bond donors (Lipinski definition) is 0. The summed E-state index contributed by atoms with van der Waals surface area (Å²) in [5.74, 6) is 0. The van der Waals surface area contributed by atoms with Crippen LogP contribution in [0.4, 0.5) is 17.1 Å². The van der Waals surface area contributed by atoms with Crippen LogP contribution in [0.15, 0.2) is 140 Å². The summed E-state index contributed by atoms with van der Waals surface area (Å²) in [6.45, 7) is 0.275. The number of para-hydroxylation sites is 3. The molecule has 0 spiro atoms. The molecule has 180 valence electrons. The zero-order chi connectivity index (χ0) is 25.5. The predicted octanol–water partition coefficient (Wildman–Crippen LogP) is 7.06. The summed E-state index contributed by atoms with van der Waals surface area (Å²) in [5, 5.41) is 2.61. The number of hydrogen-bond acceptors (Lipinski definition) is 1. The van der Waals surface area contributed by atoms with Crippen molar-refractivity contribution in [2.45, 2.75) is 0 Å². The van der Waals surface area contributed by atoms with Crippen molar-refractivity contribution in [3.8, 4) is 16.8 Å². The van der Waals surface area contributed by atoms with Gasteiger partial charge in [-0.3, -0.25) is 0 Å². The molecular formula is C36H23BN2. The molecule has 9 rings (SSSR count). The maximum atomic E-state index is 2.53. The molecule has 0 saturated heterocycles. The molecular weight excluding hydrogens is 471 g/mol. The van der Waals surface area contributed by atoms with Crippen molar-refractivity contribution < 1.29 is 0 Å². The first kappa shape index (κ1) is 21.0. The van der Waals surface area contributed by atoms with Gasteiger partial charge in [-0.15, -0.1) is 0 Å². The summed E-state index contributed by atoms with van der Waals surface area (Å²) in [6.07, 6.45) is 0. The monoisotopic (exact) mass is 494 g/mol. The van der Waals surface area contributed by atoms with Gasteiger partial charge in [0.25, 0.3) is 0 Å². The van der Waals surface area contributed by atoms with Gasteiger partial charge in [-0.05, 0) is 64.5 Å². The van der Waals surface area contributed by atoms with Crippen LogP contribution in [0.5, 0.6) is 0 Å². The lowest BCUT2D eigenvalue weighted by Gasteiger charge is -2.26. The molecule has 2 nitrogen and oxygen atoms in total. The third-order valence-electron chi connectivity index (χ3n) is 8.58. The zero-order valence-corrected chi connectivity index (χ0v) is 21.3. The lowest BCUT2D eigenvalue weighted by Crippen LogP contribution is -2.53. The van der Waals surface area contributed by atoms with Crippen LogP contribution in [-0.2, 0) is 0 Å². The van der Waals surface area contributed by atoms with E-state index in [1.165, 1.54) is 55.0 Å². The SMILES string of the molecule is c1ccc(N(c2ccccc2)c2ccc3c4cccc5c4n(c3c2)-c2cccc3c2B5c2ccccc2-3)cc1. The minimum absolute atomic E-state index is 0.275. The fraction of sp³-hybridized carbons (Fsp3) is 0. The average molecular weight is 494 g/mol. The standard InChI is InChI=1S/C36H23BN2/c1-3-11-24(12-4-1)38(25-13-5-2-6-14-25)26-21-22-28-30-17-9-19-32-36(30)39(34(28)23-26)33-20-10-16-29-27-15-7-8-18-31(27)37(32)35(29)33/h1-23H. The van der Waals surface area contributed by atoms with Crippen LogP contribution < -0.4 is 21.3 Å². The average Bonchev–Trinajstić information content (AvgIpc) is 3.52. The molecule has 3 heterocycles. The fourth-order valence-electron chi connectivity index (χ4n) is 7.06. The number of benzene rings is 6. The Morgan fingerprint density at radius 2 is 1.15 bits per heavy atom. The van der Waals surface area contributed by atoms with E-state index in [2.05, 4.69) is 149 Å². The van der Waals surface area contributed by atoms with E-state index in [1.54, 1.807) is 0 Å². The third-order valence-corrected chi connectivity index (χ3v) is 8.58. The molecule has 1 aromatic heterocycles. The van der Waals surface area contributed by atoms with Crippen LogP contribution in [0.1, 0.15) is 0 Å². The van der Waals surface area contributed by atoms with Gasteiger partial charge in [0.2, 0.25) is 6.71 Å². The molecule has 6 aromatic carbocycles. The normalized spacial score (nSPS) is 12.6. The maximum absolute atomic E-state index is 2.53. The van der Waals surface area contributed by atoms with E-state index < -0.39 is 0 Å². The molecule has 3 heteroatoms. The molecule has 0 radical (unpaired) electrons. The zero-order valence-electron chi connectivity index (χ0n) is 21.3. The Balaban J connectivity index is 1.37. The Bertz CT molecular complexity index is 2040. The van der Waals surface area contributed by atoms with Crippen LogP contribution in [0.25, 0.3) is 38.6 Å². The van der Waals surface area contributed by atoms with Crippen LogP contribution in [0, 0.1) is 0 Å². The summed E-state index contributed by atoms with van der Waals surface area (Å²) in [4.78, 5) is 2.35. The Kier molecular flexibility index (Phi) is 4.17. The highest BCUT2D eigenvalue weighted by Gasteiger charge is 2.40. The van der Waals surface area contributed by atoms with Gasteiger partial charge in [0.05, 0.1) is 5.52 Å². The minimum Gasteiger partial charge on any atom is -0.310 e. The lowest BCUT2D eigenvalue weighted by atomic mass is 9.37. The minimum atomic E-state index is 0.275. The first-order chi connectivity index (χ1) is 19.4. The molecule has 2 aliphatic rings. The number of rotatable bonds is 3. The summed E-state index contributed by atoms with van der Waals surface area (Å²) in [7, 11) is 0. The smallest absolute Gasteiger partial charge is 0.248 e. The Morgan fingerprint density at radius 1 is 0.487 bits per heavy atom. The molecule has 39 heavy (non-hydrogen) atoms. The summed E-state index contributed by atoms with van der Waals surface area (Å²) < 4.78 is 2.53. The Morgan fingerprint density at radius 3 is 1.95 bits per heavy atom. The van der Waals surface area contributed by atoms with Gasteiger partial charge in [0.15, 0.2) is 0 Å². The van der Waals surface area contributed by atoms with Gasteiger partial charge < -0.3 is 9.47 Å². The second-order valence-corrected chi connectivity index (χ2v) is 10.5. The molecule has 0 bridgehead atoms. The predicted molar refractivity (Wildman–Crippen MR) is 166 cm³/mol. The lowest BCUT2D eigenvalue weighted by molar-refractivity contribution is 1.19. The Hall–Kier alpha value is -5.02. The van der Waals surface area contributed by atoms with Gasteiger partial charge in [-0.25, -0.2) is 0 Å². The quantitative estimate of drug-likeness (QED) is 0.239. The molecule has 2 aliphatic heterocycles. The van der Waals surface area contributed by atoms with Gasteiger partial charge in [-0.2, -0.15) is 0 Å². The largest absolute Gasteiger partial charge is 0.310 e. The van der Waals surface area contributed by atoms with Crippen molar-refractivity contribution >= 4 is 62.0 Å². The van der Waals surface area contributed by atoms with Crippen molar-refractivity contribution in [1.82, 2.24) is 4.57 Å². The maximum Gasteiger partial charge on any atom is 0.248 e. The van der Waals surface area contributed by atoms with Crippen molar-refractivity contribution in [1.29, 1.82) is 0 Å². The molecule has 0 aliphatic carbocycles. The van der Waals surface area contributed by atoms with E-state index in [0.717, 1.165) is 17.1 Å². The van der Waals surface area contributed by atoms with Gasteiger partial charge in [0, 0.05) is 39.0 Å². The van der Waals surface area contributed by atoms with Gasteiger partial charge in [0.1, 0.15) is 0 Å². The van der Waals surface area contributed by atoms with Crippen LogP contribution in [0.3, 0.4) is 0 Å². The molecule has 0 unspecified atom stereocenters. The number of aromatic nitrogens is 1. The van der Waals surface area contributed by atoms with Crippen molar-refractivity contribution in [3.05, 3.63) is 140 Å². The van der Waals surface area contributed by atoms with E-state index in [4.69, 9.17) is 0 Å². The summed E-state index contributed by atoms with van der Waals surface area (Å²) in [6, 6.07) is 50.9. The first-order valence-electron chi connectivity index (χ1n) is 13.6. The van der Waals surface area contributed by atoms with E-state index in [9.17, 15) is 0 Å². The van der Waals surface area contributed by atoms with Crippen LogP contribution in [-0.4, -0.2) is 11.3 Å². The van der Waals surface area contributed by atoms with Crippen LogP contribution in [0.2, 0.25) is 0 Å². The van der Waals surface area contributed by atoms with Crippen molar-refractivity contribution in [2.75, 3.05) is 4.90 Å². The second-order valence-electron chi connectivity index (χ2n) is 10.5.